The first-order valence-corrected chi connectivity index (χ1v) is 10.2. The first-order chi connectivity index (χ1) is 17.2. The molecule has 5 rings (SSSR count). The Morgan fingerprint density at radius 1 is 0.486 bits per heavy atom. The summed E-state index contributed by atoms with van der Waals surface area (Å²) in [7, 11) is 0. The van der Waals surface area contributed by atoms with Crippen LogP contribution < -0.4 is 0 Å². The van der Waals surface area contributed by atoms with Crippen LogP contribution in [0, 0.1) is 0 Å². The monoisotopic (exact) mass is 541 g/mol. The number of aromatic nitrogens is 4. The van der Waals surface area contributed by atoms with Crippen LogP contribution in [0.25, 0.3) is 46.4 Å². The minimum absolute atomic E-state index is 0. The molecule has 0 unspecified atom stereocenters. The van der Waals surface area contributed by atoms with E-state index in [-0.39, 0.29) is 84.2 Å². The summed E-state index contributed by atoms with van der Waals surface area (Å²) in [5, 5.41) is 39.5. The van der Waals surface area contributed by atoms with Crippen molar-refractivity contribution in [1.29, 1.82) is 0 Å². The van der Waals surface area contributed by atoms with E-state index in [0.717, 1.165) is 0 Å². The number of nitrogens with zero attached hydrogens (tertiary/aromatic N) is 2. The number of nitrogens with one attached hydrogen (secondary N) is 2. The molecular weight excluding hydrogens is 527 g/mol. The van der Waals surface area contributed by atoms with E-state index in [1.54, 1.807) is 0 Å². The van der Waals surface area contributed by atoms with E-state index < -0.39 is 23.9 Å². The molecule has 0 saturated heterocycles. The molecule has 1 radical (unpaired) electrons. The summed E-state index contributed by atoms with van der Waals surface area (Å²) in [6, 6.07) is 5.41. The van der Waals surface area contributed by atoms with Crippen LogP contribution in [-0.2, 0) is 17.1 Å². The molecule has 5 heterocycles. The SMILES string of the molecule is O=C(O)c1c2nc(c(C(=O)O)c3ccc([nH]3)c(C(=O)O)c3nc(c(C(=O)O)c4ccc1[nH]4)C=C3)C=C2.[Mn]. The largest absolute Gasteiger partial charge is 0.478 e. The van der Waals surface area contributed by atoms with Gasteiger partial charge in [0.1, 0.15) is 22.3 Å². The smallest absolute Gasteiger partial charge is 0.340 e. The molecule has 0 aromatic carbocycles. The Kier molecular flexibility index (Phi) is 6.26. The fraction of sp³-hybridized carbons (Fsp3) is 0. The summed E-state index contributed by atoms with van der Waals surface area (Å²) in [5.41, 5.74) is -1.38. The summed E-state index contributed by atoms with van der Waals surface area (Å²) in [5.74, 6) is -5.50. The van der Waals surface area contributed by atoms with Crippen molar-refractivity contribution in [3.8, 4) is 0 Å². The van der Waals surface area contributed by atoms with Crippen LogP contribution in [0.3, 0.4) is 0 Å². The minimum atomic E-state index is -1.38. The number of carboxylic acid groups (broad SMARTS) is 4. The topological polar surface area (TPSA) is 207 Å². The second-order valence-electron chi connectivity index (χ2n) is 7.72. The molecule has 0 saturated carbocycles. The average Bonchev–Trinajstić information content (AvgIpc) is 3.57. The summed E-state index contributed by atoms with van der Waals surface area (Å²) in [4.78, 5) is 62.4. The Bertz CT molecular complexity index is 1520. The zero-order valence-electron chi connectivity index (χ0n) is 18.3. The molecule has 8 bridgehead atoms. The molecular formula is C24H14MnN4O8. The molecule has 0 spiro atoms. The molecule has 2 aliphatic heterocycles. The maximum absolute atomic E-state index is 12.1. The van der Waals surface area contributed by atoms with Crippen molar-refractivity contribution in [1.82, 2.24) is 19.9 Å². The van der Waals surface area contributed by atoms with Gasteiger partial charge in [-0.1, -0.05) is 0 Å². The third kappa shape index (κ3) is 4.18. The number of aromatic carboxylic acids is 4. The van der Waals surface area contributed by atoms with Gasteiger partial charge < -0.3 is 30.4 Å². The van der Waals surface area contributed by atoms with E-state index in [9.17, 15) is 39.6 Å². The van der Waals surface area contributed by atoms with Crippen LogP contribution in [0.5, 0.6) is 0 Å². The first kappa shape index (κ1) is 25.1. The summed E-state index contributed by atoms with van der Waals surface area (Å²) >= 11 is 0. The second-order valence-corrected chi connectivity index (χ2v) is 7.72. The number of rotatable bonds is 4. The van der Waals surface area contributed by atoms with Crippen molar-refractivity contribution < 1.29 is 56.7 Å². The normalized spacial score (nSPS) is 11.7. The minimum Gasteiger partial charge on any atom is -0.478 e. The number of hydrogen-bond acceptors (Lipinski definition) is 6. The number of aromatic amines is 2. The van der Waals surface area contributed by atoms with Gasteiger partial charge in [-0.3, -0.25) is 0 Å². The molecule has 2 aliphatic rings. The van der Waals surface area contributed by atoms with Crippen molar-refractivity contribution >= 4 is 70.2 Å². The van der Waals surface area contributed by atoms with Crippen LogP contribution in [0.4, 0.5) is 0 Å². The fourth-order valence-electron chi connectivity index (χ4n) is 4.11. The molecule has 0 aliphatic carbocycles. The van der Waals surface area contributed by atoms with Crippen LogP contribution in [0.2, 0.25) is 0 Å². The summed E-state index contributed by atoms with van der Waals surface area (Å²) in [6.07, 6.45) is 5.30. The van der Waals surface area contributed by atoms with E-state index >= 15 is 0 Å². The van der Waals surface area contributed by atoms with Gasteiger partial charge in [0, 0.05) is 17.1 Å². The maximum atomic E-state index is 12.1. The maximum Gasteiger partial charge on any atom is 0.340 e. The Hall–Kier alpha value is -5.00. The molecule has 6 N–H and O–H groups in total. The van der Waals surface area contributed by atoms with Gasteiger partial charge in [-0.2, -0.15) is 0 Å². The predicted octanol–water partition coefficient (Wildman–Crippen LogP) is 3.45. The fourth-order valence-corrected chi connectivity index (χ4v) is 4.11. The number of hydrogen-bond donors (Lipinski definition) is 6. The number of carboxylic acids is 4. The van der Waals surface area contributed by atoms with Crippen molar-refractivity contribution in [2.24, 2.45) is 0 Å². The van der Waals surface area contributed by atoms with Gasteiger partial charge in [-0.15, -0.1) is 0 Å². The van der Waals surface area contributed by atoms with Gasteiger partial charge in [0.15, 0.2) is 0 Å². The third-order valence-electron chi connectivity index (χ3n) is 5.61. The third-order valence-corrected chi connectivity index (χ3v) is 5.61. The molecule has 3 aromatic rings. The second kappa shape index (κ2) is 9.22. The molecule has 37 heavy (non-hydrogen) atoms. The van der Waals surface area contributed by atoms with Crippen LogP contribution in [0.1, 0.15) is 64.2 Å². The average molecular weight is 541 g/mol. The molecule has 0 atom stereocenters. The quantitative estimate of drug-likeness (QED) is 0.183. The number of fused-ring (bicyclic) bond motifs is 8. The zero-order valence-corrected chi connectivity index (χ0v) is 19.5. The molecule has 3 aromatic heterocycles. The molecule has 185 valence electrons. The van der Waals surface area contributed by atoms with Crippen LogP contribution in [-0.4, -0.2) is 64.2 Å². The van der Waals surface area contributed by atoms with Crippen molar-refractivity contribution in [2.45, 2.75) is 0 Å². The number of carbonyl (C=O) groups is 4. The van der Waals surface area contributed by atoms with Crippen LogP contribution >= 0.6 is 0 Å². The molecule has 0 amide bonds. The van der Waals surface area contributed by atoms with Crippen molar-refractivity contribution in [2.75, 3.05) is 0 Å². The van der Waals surface area contributed by atoms with Gasteiger partial charge in [-0.05, 0) is 48.6 Å². The van der Waals surface area contributed by atoms with Crippen LogP contribution in [0.15, 0.2) is 24.3 Å². The Balaban J connectivity index is 0.00000320. The first-order valence-electron chi connectivity index (χ1n) is 10.2. The standard InChI is InChI=1S/C24H14N4O8.Mn/c29-21(30)17-9-1-2-10(25-9)18(22(31)32)12-5-6-14(27-12)20(24(35)36)16-8-7-15(28-16)19(23(33)34)13-4-3-11(17)26-13;/h1-8,25,28H,(H,29,30)(H,31,32)(H,33,34)(H,35,36);. The van der Waals surface area contributed by atoms with Crippen molar-refractivity contribution in [3.05, 3.63) is 69.3 Å². The zero-order chi connectivity index (χ0) is 25.7. The van der Waals surface area contributed by atoms with E-state index in [4.69, 9.17) is 0 Å². The Labute approximate surface area is 216 Å². The summed E-state index contributed by atoms with van der Waals surface area (Å²) in [6.45, 7) is 0. The predicted molar refractivity (Wildman–Crippen MR) is 127 cm³/mol. The summed E-state index contributed by atoms with van der Waals surface area (Å²) < 4.78 is 0. The molecule has 12 nitrogen and oxygen atoms in total. The van der Waals surface area contributed by atoms with Crippen molar-refractivity contribution in [3.63, 3.8) is 0 Å². The molecule has 0 fully saturated rings. The Morgan fingerprint density at radius 3 is 0.892 bits per heavy atom. The van der Waals surface area contributed by atoms with E-state index in [1.165, 1.54) is 48.6 Å². The Morgan fingerprint density at radius 2 is 0.703 bits per heavy atom. The van der Waals surface area contributed by atoms with Gasteiger partial charge in [0.25, 0.3) is 0 Å². The van der Waals surface area contributed by atoms with Gasteiger partial charge >= 0.3 is 23.9 Å². The van der Waals surface area contributed by atoms with Gasteiger partial charge in [-0.25, -0.2) is 29.1 Å². The van der Waals surface area contributed by atoms with Gasteiger partial charge in [0.2, 0.25) is 0 Å². The van der Waals surface area contributed by atoms with E-state index in [0.29, 0.717) is 0 Å². The van der Waals surface area contributed by atoms with E-state index in [1.807, 2.05) is 0 Å². The number of H-pyrrole nitrogens is 2. The van der Waals surface area contributed by atoms with E-state index in [2.05, 4.69) is 19.9 Å². The molecule has 13 heteroatoms. The van der Waals surface area contributed by atoms with Gasteiger partial charge in [0.05, 0.1) is 44.8 Å².